The molecular weight excluding hydrogens is 208 g/mol. The van der Waals surface area contributed by atoms with Crippen molar-refractivity contribution in [2.75, 3.05) is 0 Å². The maximum absolute atomic E-state index is 10.8. The lowest BCUT2D eigenvalue weighted by Crippen LogP contribution is -2.01. The third-order valence-corrected chi connectivity index (χ3v) is 3.32. The molecule has 0 unspecified atom stereocenters. The summed E-state index contributed by atoms with van der Waals surface area (Å²) < 4.78 is 30.5. The molecular formula is C8H10O3S2. The molecule has 0 saturated carbocycles. The molecule has 0 aliphatic heterocycles. The predicted molar refractivity (Wildman–Crippen MR) is 52.9 cm³/mol. The van der Waals surface area contributed by atoms with Gasteiger partial charge in [0.05, 0.1) is 0 Å². The maximum atomic E-state index is 10.8. The van der Waals surface area contributed by atoms with E-state index in [1.165, 1.54) is 6.07 Å². The van der Waals surface area contributed by atoms with Gasteiger partial charge in [-0.05, 0) is 18.1 Å². The van der Waals surface area contributed by atoms with Crippen LogP contribution in [0, 0.1) is 0 Å². The first-order chi connectivity index (χ1) is 5.96. The van der Waals surface area contributed by atoms with Crippen molar-refractivity contribution in [1.29, 1.82) is 0 Å². The second kappa shape index (κ2) is 3.69. The molecule has 1 aromatic rings. The van der Waals surface area contributed by atoms with Crippen LogP contribution in [0.3, 0.4) is 0 Å². The Labute approximate surface area is 82.9 Å². The van der Waals surface area contributed by atoms with Gasteiger partial charge in [0.1, 0.15) is 4.90 Å². The van der Waals surface area contributed by atoms with Gasteiger partial charge in [0.25, 0.3) is 10.1 Å². The normalized spacial score (nSPS) is 11.6. The molecule has 0 aliphatic carbocycles. The summed E-state index contributed by atoms with van der Waals surface area (Å²) in [4.78, 5) is 0.197. The Bertz CT molecular complexity index is 409. The van der Waals surface area contributed by atoms with E-state index in [9.17, 15) is 8.42 Å². The number of hydrogen-bond acceptors (Lipinski definition) is 3. The summed E-state index contributed by atoms with van der Waals surface area (Å²) in [6.07, 6.45) is 0.683. The molecule has 0 saturated heterocycles. The number of aryl methyl sites for hydroxylation is 1. The van der Waals surface area contributed by atoms with Gasteiger partial charge in [-0.1, -0.05) is 19.1 Å². The quantitative estimate of drug-likeness (QED) is 0.587. The molecule has 0 radical (unpaired) electrons. The number of hydrogen-bond donors (Lipinski definition) is 2. The first kappa shape index (κ1) is 10.6. The Kier molecular flexibility index (Phi) is 3.00. The summed E-state index contributed by atoms with van der Waals surface area (Å²) in [6.45, 7) is 1.89. The van der Waals surface area contributed by atoms with E-state index in [0.717, 1.165) is 5.56 Å². The first-order valence-electron chi connectivity index (χ1n) is 3.75. The van der Waals surface area contributed by atoms with Gasteiger partial charge in [-0.25, -0.2) is 0 Å². The van der Waals surface area contributed by atoms with Crippen molar-refractivity contribution in [2.45, 2.75) is 23.1 Å². The van der Waals surface area contributed by atoms with Crippen LogP contribution in [0.4, 0.5) is 0 Å². The van der Waals surface area contributed by atoms with Crippen molar-refractivity contribution in [3.8, 4) is 0 Å². The van der Waals surface area contributed by atoms with Crippen LogP contribution >= 0.6 is 12.6 Å². The summed E-state index contributed by atoms with van der Waals surface area (Å²) in [7, 11) is -4.14. The summed E-state index contributed by atoms with van der Waals surface area (Å²) >= 11 is 4.05. The fourth-order valence-corrected chi connectivity index (χ4v) is 2.34. The largest absolute Gasteiger partial charge is 0.295 e. The molecule has 0 aromatic heterocycles. The molecule has 0 heterocycles. The van der Waals surface area contributed by atoms with E-state index in [1.807, 2.05) is 6.92 Å². The van der Waals surface area contributed by atoms with Crippen LogP contribution in [0.25, 0.3) is 0 Å². The molecule has 0 bridgehead atoms. The predicted octanol–water partition coefficient (Wildman–Crippen LogP) is 1.78. The number of rotatable bonds is 2. The number of benzene rings is 1. The lowest BCUT2D eigenvalue weighted by atomic mass is 10.2. The van der Waals surface area contributed by atoms with E-state index in [4.69, 9.17) is 4.55 Å². The average Bonchev–Trinajstić information content (AvgIpc) is 2.02. The van der Waals surface area contributed by atoms with Crippen LogP contribution in [0.2, 0.25) is 0 Å². The molecule has 1 rings (SSSR count). The van der Waals surface area contributed by atoms with Crippen molar-refractivity contribution in [3.05, 3.63) is 23.8 Å². The number of thiol groups is 1. The second-order valence-corrected chi connectivity index (χ2v) is 4.43. The molecule has 0 fully saturated rings. The van der Waals surface area contributed by atoms with E-state index in [-0.39, 0.29) is 4.90 Å². The van der Waals surface area contributed by atoms with Crippen LogP contribution in [0.1, 0.15) is 12.5 Å². The zero-order chi connectivity index (χ0) is 10.1. The molecule has 13 heavy (non-hydrogen) atoms. The molecule has 0 spiro atoms. The van der Waals surface area contributed by atoms with E-state index in [1.54, 1.807) is 12.1 Å². The minimum atomic E-state index is -4.14. The molecule has 0 aliphatic rings. The van der Waals surface area contributed by atoms with Gasteiger partial charge in [-0.3, -0.25) is 4.55 Å². The highest BCUT2D eigenvalue weighted by Gasteiger charge is 2.14. The molecule has 0 atom stereocenters. The van der Waals surface area contributed by atoms with Gasteiger partial charge in [0.2, 0.25) is 0 Å². The average molecular weight is 218 g/mol. The van der Waals surface area contributed by atoms with Crippen LogP contribution in [0.5, 0.6) is 0 Å². The summed E-state index contributed by atoms with van der Waals surface area (Å²) in [5.41, 5.74) is 0.804. The van der Waals surface area contributed by atoms with Crippen LogP contribution in [-0.2, 0) is 16.5 Å². The molecule has 0 amide bonds. The first-order valence-corrected chi connectivity index (χ1v) is 5.64. The lowest BCUT2D eigenvalue weighted by molar-refractivity contribution is 0.481. The van der Waals surface area contributed by atoms with E-state index < -0.39 is 10.1 Å². The van der Waals surface area contributed by atoms with Gasteiger partial charge in [0, 0.05) is 4.90 Å². The standard InChI is InChI=1S/C8H10O3S2/c1-2-6-4-3-5-7(8(6)12)13(9,10)11/h3-5,12H,2H2,1H3,(H,9,10,11). The maximum Gasteiger partial charge on any atom is 0.295 e. The van der Waals surface area contributed by atoms with Crippen molar-refractivity contribution in [1.82, 2.24) is 0 Å². The Hall–Kier alpha value is -0.520. The van der Waals surface area contributed by atoms with E-state index in [2.05, 4.69) is 12.6 Å². The van der Waals surface area contributed by atoms with E-state index >= 15 is 0 Å². The van der Waals surface area contributed by atoms with Gasteiger partial charge in [0.15, 0.2) is 0 Å². The molecule has 3 nitrogen and oxygen atoms in total. The third-order valence-electron chi connectivity index (χ3n) is 1.74. The van der Waals surface area contributed by atoms with Crippen molar-refractivity contribution in [2.24, 2.45) is 0 Å². The molecule has 1 N–H and O–H groups in total. The minimum absolute atomic E-state index is 0.129. The highest BCUT2D eigenvalue weighted by atomic mass is 32.2. The fraction of sp³-hybridized carbons (Fsp3) is 0.250. The minimum Gasteiger partial charge on any atom is -0.282 e. The smallest absolute Gasteiger partial charge is 0.282 e. The van der Waals surface area contributed by atoms with Crippen LogP contribution in [-0.4, -0.2) is 13.0 Å². The van der Waals surface area contributed by atoms with Crippen LogP contribution in [0.15, 0.2) is 28.0 Å². The van der Waals surface area contributed by atoms with Gasteiger partial charge in [-0.2, -0.15) is 8.42 Å². The van der Waals surface area contributed by atoms with Gasteiger partial charge < -0.3 is 0 Å². The molecule has 1 aromatic carbocycles. The lowest BCUT2D eigenvalue weighted by Gasteiger charge is -2.05. The highest BCUT2D eigenvalue weighted by molar-refractivity contribution is 7.87. The van der Waals surface area contributed by atoms with Crippen LogP contribution < -0.4 is 0 Å². The topological polar surface area (TPSA) is 54.4 Å². The summed E-state index contributed by atoms with van der Waals surface area (Å²) in [5.74, 6) is 0. The van der Waals surface area contributed by atoms with Gasteiger partial charge in [-0.15, -0.1) is 12.6 Å². The SMILES string of the molecule is CCc1cccc(S(=O)(=O)O)c1S. The highest BCUT2D eigenvalue weighted by Crippen LogP contribution is 2.23. The van der Waals surface area contributed by atoms with Crippen molar-refractivity contribution >= 4 is 22.7 Å². The summed E-state index contributed by atoms with van der Waals surface area (Å²) in [6, 6.07) is 4.69. The molecule has 5 heteroatoms. The third kappa shape index (κ3) is 2.24. The zero-order valence-electron chi connectivity index (χ0n) is 7.06. The summed E-state index contributed by atoms with van der Waals surface area (Å²) in [5, 5.41) is 0. The Morgan fingerprint density at radius 3 is 2.54 bits per heavy atom. The second-order valence-electron chi connectivity index (χ2n) is 2.59. The Morgan fingerprint density at radius 1 is 1.46 bits per heavy atom. The van der Waals surface area contributed by atoms with Crippen molar-refractivity contribution in [3.63, 3.8) is 0 Å². The van der Waals surface area contributed by atoms with Crippen molar-refractivity contribution < 1.29 is 13.0 Å². The zero-order valence-corrected chi connectivity index (χ0v) is 8.77. The molecule has 72 valence electrons. The monoisotopic (exact) mass is 218 g/mol. The Morgan fingerprint density at radius 2 is 2.08 bits per heavy atom. The Balaban J connectivity index is 3.41. The van der Waals surface area contributed by atoms with E-state index in [0.29, 0.717) is 11.3 Å². The fourth-order valence-electron chi connectivity index (χ4n) is 1.06. The van der Waals surface area contributed by atoms with Gasteiger partial charge >= 0.3 is 0 Å².